The average molecular weight is 260 g/mol. The number of hydrogen-bond acceptors (Lipinski definition) is 5. The third-order valence-corrected chi connectivity index (χ3v) is 3.76. The van der Waals surface area contributed by atoms with Gasteiger partial charge >= 0.3 is 0 Å². The molecule has 1 saturated heterocycles. The van der Waals surface area contributed by atoms with Crippen LogP contribution < -0.4 is 5.73 Å². The number of hydrogen-bond donors (Lipinski definition) is 1. The number of aromatic nitrogens is 1. The molecule has 0 bridgehead atoms. The monoisotopic (exact) mass is 260 g/mol. The van der Waals surface area contributed by atoms with Gasteiger partial charge in [0.2, 0.25) is 5.89 Å². The minimum absolute atomic E-state index is 0.527. The zero-order valence-corrected chi connectivity index (χ0v) is 11.5. The van der Waals surface area contributed by atoms with Crippen LogP contribution in [0, 0.1) is 0 Å². The second-order valence-electron chi connectivity index (χ2n) is 5.42. The van der Waals surface area contributed by atoms with Crippen molar-refractivity contribution >= 4 is 16.8 Å². The average Bonchev–Trinajstić information content (AvgIpc) is 2.74. The second kappa shape index (κ2) is 4.83. The van der Waals surface area contributed by atoms with Gasteiger partial charge in [-0.25, -0.2) is 4.98 Å². The number of nitrogen functional groups attached to an aromatic ring is 1. The lowest BCUT2D eigenvalue weighted by Crippen LogP contribution is -2.49. The highest BCUT2D eigenvalue weighted by Crippen LogP contribution is 2.20. The molecule has 2 aromatic rings. The van der Waals surface area contributed by atoms with Gasteiger partial charge in [0.15, 0.2) is 5.58 Å². The Morgan fingerprint density at radius 1 is 1.42 bits per heavy atom. The number of nitrogens with two attached hydrogens (primary N) is 1. The predicted molar refractivity (Wildman–Crippen MR) is 75.8 cm³/mol. The molecule has 3 rings (SSSR count). The Morgan fingerprint density at radius 3 is 3.05 bits per heavy atom. The van der Waals surface area contributed by atoms with Crippen molar-refractivity contribution in [1.29, 1.82) is 0 Å². The molecule has 5 heteroatoms. The molecule has 2 N–H and O–H groups in total. The molecule has 19 heavy (non-hydrogen) atoms. The van der Waals surface area contributed by atoms with E-state index in [2.05, 4.69) is 28.8 Å². The number of rotatable bonds is 2. The summed E-state index contributed by atoms with van der Waals surface area (Å²) in [5.74, 6) is 0.775. The summed E-state index contributed by atoms with van der Waals surface area (Å²) in [4.78, 5) is 9.29. The summed E-state index contributed by atoms with van der Waals surface area (Å²) in [6.07, 6.45) is 0. The van der Waals surface area contributed by atoms with Crippen LogP contribution >= 0.6 is 0 Å². The van der Waals surface area contributed by atoms with Crippen molar-refractivity contribution in [2.45, 2.75) is 19.5 Å². The maximum absolute atomic E-state index is 5.78. The highest BCUT2D eigenvalue weighted by molar-refractivity contribution is 5.76. The van der Waals surface area contributed by atoms with E-state index in [1.165, 1.54) is 0 Å². The van der Waals surface area contributed by atoms with Crippen molar-refractivity contribution < 1.29 is 4.42 Å². The van der Waals surface area contributed by atoms with Gasteiger partial charge in [-0.05, 0) is 32.2 Å². The molecule has 0 spiro atoms. The van der Waals surface area contributed by atoms with Gasteiger partial charge in [-0.3, -0.25) is 4.90 Å². The number of benzene rings is 1. The summed E-state index contributed by atoms with van der Waals surface area (Å²) in [6, 6.07) is 6.11. The van der Waals surface area contributed by atoms with Gasteiger partial charge in [0.05, 0.1) is 6.54 Å². The first-order chi connectivity index (χ1) is 9.11. The standard InChI is InChI=1S/C14H20N4O/c1-10-8-17(2)5-6-18(10)9-14-16-12-7-11(15)3-4-13(12)19-14/h3-4,7,10H,5-6,8-9,15H2,1-2H3. The Kier molecular flexibility index (Phi) is 3.16. The SMILES string of the molecule is CC1CN(C)CCN1Cc1nc2cc(N)ccc2o1. The zero-order valence-electron chi connectivity index (χ0n) is 11.5. The van der Waals surface area contributed by atoms with Crippen LogP contribution in [0.1, 0.15) is 12.8 Å². The largest absolute Gasteiger partial charge is 0.439 e. The molecule has 1 aliphatic rings. The molecular formula is C14H20N4O. The van der Waals surface area contributed by atoms with Gasteiger partial charge < -0.3 is 15.1 Å². The van der Waals surface area contributed by atoms with Gasteiger partial charge in [-0.1, -0.05) is 0 Å². The number of fused-ring (bicyclic) bond motifs is 1. The van der Waals surface area contributed by atoms with Crippen molar-refractivity contribution in [2.24, 2.45) is 0 Å². The lowest BCUT2D eigenvalue weighted by molar-refractivity contribution is 0.0864. The Hall–Kier alpha value is -1.59. The molecule has 1 fully saturated rings. The maximum atomic E-state index is 5.78. The Balaban J connectivity index is 1.77. The van der Waals surface area contributed by atoms with Gasteiger partial charge in [-0.2, -0.15) is 0 Å². The third kappa shape index (κ3) is 2.57. The van der Waals surface area contributed by atoms with Crippen molar-refractivity contribution in [3.63, 3.8) is 0 Å². The van der Waals surface area contributed by atoms with E-state index in [0.29, 0.717) is 6.04 Å². The molecule has 2 heterocycles. The lowest BCUT2D eigenvalue weighted by Gasteiger charge is -2.37. The number of piperazine rings is 1. The van der Waals surface area contributed by atoms with Crippen LogP contribution in [0.25, 0.3) is 11.1 Å². The Bertz CT molecular complexity index is 580. The van der Waals surface area contributed by atoms with E-state index in [4.69, 9.17) is 10.2 Å². The molecule has 0 radical (unpaired) electrons. The van der Waals surface area contributed by atoms with Gasteiger partial charge in [-0.15, -0.1) is 0 Å². The van der Waals surface area contributed by atoms with E-state index in [9.17, 15) is 0 Å². The summed E-state index contributed by atoms with van der Waals surface area (Å²) < 4.78 is 5.78. The van der Waals surface area contributed by atoms with Crippen LogP contribution in [0.3, 0.4) is 0 Å². The van der Waals surface area contributed by atoms with Gasteiger partial charge in [0.25, 0.3) is 0 Å². The Morgan fingerprint density at radius 2 is 2.26 bits per heavy atom. The fraction of sp³-hybridized carbons (Fsp3) is 0.500. The summed E-state index contributed by atoms with van der Waals surface area (Å²) in [5, 5.41) is 0. The van der Waals surface area contributed by atoms with Gasteiger partial charge in [0.1, 0.15) is 5.52 Å². The van der Waals surface area contributed by atoms with Crippen LogP contribution in [0.2, 0.25) is 0 Å². The van der Waals surface area contributed by atoms with Gasteiger partial charge in [0, 0.05) is 31.4 Å². The number of anilines is 1. The highest BCUT2D eigenvalue weighted by atomic mass is 16.3. The van der Waals surface area contributed by atoms with Crippen LogP contribution in [-0.4, -0.2) is 47.5 Å². The van der Waals surface area contributed by atoms with E-state index in [0.717, 1.165) is 48.9 Å². The molecule has 1 aromatic carbocycles. The molecule has 1 unspecified atom stereocenters. The quantitative estimate of drug-likeness (QED) is 0.830. The van der Waals surface area contributed by atoms with E-state index in [1.54, 1.807) is 0 Å². The normalized spacial score (nSPS) is 22.1. The van der Waals surface area contributed by atoms with Crippen LogP contribution in [0.5, 0.6) is 0 Å². The number of likely N-dealkylation sites (N-methyl/N-ethyl adjacent to an activating group) is 1. The highest BCUT2D eigenvalue weighted by Gasteiger charge is 2.23. The predicted octanol–water partition coefficient (Wildman–Crippen LogP) is 1.55. The molecule has 0 aliphatic carbocycles. The smallest absolute Gasteiger partial charge is 0.209 e. The fourth-order valence-electron chi connectivity index (χ4n) is 2.65. The summed E-state index contributed by atoms with van der Waals surface area (Å²) in [7, 11) is 2.16. The van der Waals surface area contributed by atoms with Crippen molar-refractivity contribution in [3.8, 4) is 0 Å². The molecular weight excluding hydrogens is 240 g/mol. The third-order valence-electron chi connectivity index (χ3n) is 3.76. The summed E-state index contributed by atoms with van der Waals surface area (Å²) in [6.45, 7) is 6.25. The topological polar surface area (TPSA) is 58.5 Å². The van der Waals surface area contributed by atoms with Crippen LogP contribution in [-0.2, 0) is 6.54 Å². The molecule has 0 saturated carbocycles. The fourth-order valence-corrected chi connectivity index (χ4v) is 2.65. The van der Waals surface area contributed by atoms with E-state index in [1.807, 2.05) is 18.2 Å². The first kappa shape index (κ1) is 12.4. The van der Waals surface area contributed by atoms with Crippen LogP contribution in [0.4, 0.5) is 5.69 Å². The van der Waals surface area contributed by atoms with Crippen molar-refractivity contribution in [2.75, 3.05) is 32.4 Å². The molecule has 1 atom stereocenters. The van der Waals surface area contributed by atoms with Crippen molar-refractivity contribution in [3.05, 3.63) is 24.1 Å². The first-order valence-corrected chi connectivity index (χ1v) is 6.69. The second-order valence-corrected chi connectivity index (χ2v) is 5.42. The molecule has 1 aromatic heterocycles. The minimum atomic E-state index is 0.527. The maximum Gasteiger partial charge on any atom is 0.209 e. The van der Waals surface area contributed by atoms with E-state index < -0.39 is 0 Å². The first-order valence-electron chi connectivity index (χ1n) is 6.69. The van der Waals surface area contributed by atoms with E-state index in [-0.39, 0.29) is 0 Å². The summed E-state index contributed by atoms with van der Waals surface area (Å²) in [5.41, 5.74) is 8.13. The molecule has 102 valence electrons. The van der Waals surface area contributed by atoms with Crippen molar-refractivity contribution in [1.82, 2.24) is 14.8 Å². The van der Waals surface area contributed by atoms with Crippen LogP contribution in [0.15, 0.2) is 22.6 Å². The zero-order chi connectivity index (χ0) is 13.4. The number of nitrogens with zero attached hydrogens (tertiary/aromatic N) is 3. The van der Waals surface area contributed by atoms with E-state index >= 15 is 0 Å². The molecule has 1 aliphatic heterocycles. The summed E-state index contributed by atoms with van der Waals surface area (Å²) >= 11 is 0. The minimum Gasteiger partial charge on any atom is -0.439 e. The Labute approximate surface area is 113 Å². The molecule has 0 amide bonds. The lowest BCUT2D eigenvalue weighted by atomic mass is 10.2. The molecule has 5 nitrogen and oxygen atoms in total. The number of oxazole rings is 1.